The highest BCUT2D eigenvalue weighted by Gasteiger charge is 2.33. The number of benzene rings is 1. The molecule has 0 aromatic heterocycles. The number of amides is 1. The molecule has 0 heterocycles. The van der Waals surface area contributed by atoms with Crippen LogP contribution in [-0.4, -0.2) is 23.5 Å². The second kappa shape index (κ2) is 6.73. The van der Waals surface area contributed by atoms with Gasteiger partial charge >= 0.3 is 0 Å². The molecule has 1 atom stereocenters. The van der Waals surface area contributed by atoms with E-state index in [1.165, 1.54) is 18.4 Å². The van der Waals surface area contributed by atoms with Crippen LogP contribution in [0.5, 0.6) is 5.75 Å². The first-order valence-corrected chi connectivity index (χ1v) is 8.45. The standard InChI is InChI=1S/C17H25NO2S/c1-17(2,3)21-11-15(19)18-16(12-5-6-12)13-7-9-14(20-4)10-8-13/h7-10,12,16H,5-6,11H2,1-4H3,(H,18,19). The zero-order valence-corrected chi connectivity index (χ0v) is 14.1. The van der Waals surface area contributed by atoms with Crippen LogP contribution in [0.3, 0.4) is 0 Å². The fourth-order valence-corrected chi connectivity index (χ4v) is 2.86. The van der Waals surface area contributed by atoms with Crippen LogP contribution in [-0.2, 0) is 4.79 Å². The topological polar surface area (TPSA) is 38.3 Å². The summed E-state index contributed by atoms with van der Waals surface area (Å²) in [5.41, 5.74) is 1.17. The van der Waals surface area contributed by atoms with Gasteiger partial charge in [-0.05, 0) is 36.5 Å². The Morgan fingerprint density at radius 1 is 1.33 bits per heavy atom. The Hall–Kier alpha value is -1.16. The van der Waals surface area contributed by atoms with Gasteiger partial charge in [0.1, 0.15) is 5.75 Å². The fourth-order valence-electron chi connectivity index (χ4n) is 2.21. The van der Waals surface area contributed by atoms with Gasteiger partial charge in [-0.1, -0.05) is 32.9 Å². The molecule has 1 aromatic rings. The summed E-state index contributed by atoms with van der Waals surface area (Å²) in [5.74, 6) is 2.08. The molecular weight excluding hydrogens is 282 g/mol. The van der Waals surface area contributed by atoms with Crippen molar-refractivity contribution in [2.24, 2.45) is 5.92 Å². The molecule has 1 aliphatic rings. The molecule has 1 unspecified atom stereocenters. The van der Waals surface area contributed by atoms with E-state index in [9.17, 15) is 4.79 Å². The average molecular weight is 307 g/mol. The third kappa shape index (κ3) is 5.27. The minimum atomic E-state index is 0.118. The van der Waals surface area contributed by atoms with Crippen molar-refractivity contribution in [3.8, 4) is 5.75 Å². The number of carbonyl (C=O) groups is 1. The van der Waals surface area contributed by atoms with E-state index in [0.29, 0.717) is 11.7 Å². The summed E-state index contributed by atoms with van der Waals surface area (Å²) < 4.78 is 5.31. The molecule has 21 heavy (non-hydrogen) atoms. The van der Waals surface area contributed by atoms with E-state index in [4.69, 9.17) is 4.74 Å². The second-order valence-corrected chi connectivity index (χ2v) is 8.36. The molecule has 1 saturated carbocycles. The first kappa shape index (κ1) is 16.2. The fraction of sp³-hybridized carbons (Fsp3) is 0.588. The summed E-state index contributed by atoms with van der Waals surface area (Å²) >= 11 is 1.69. The Kier molecular flexibility index (Phi) is 5.20. The van der Waals surface area contributed by atoms with E-state index in [1.54, 1.807) is 18.9 Å². The Morgan fingerprint density at radius 3 is 2.43 bits per heavy atom. The molecular formula is C17H25NO2S. The molecule has 0 spiro atoms. The lowest BCUT2D eigenvalue weighted by molar-refractivity contribution is -0.119. The largest absolute Gasteiger partial charge is 0.497 e. The summed E-state index contributed by atoms with van der Waals surface area (Å²) in [7, 11) is 1.67. The van der Waals surface area contributed by atoms with Gasteiger partial charge in [0.2, 0.25) is 5.91 Å². The van der Waals surface area contributed by atoms with Crippen LogP contribution in [0.2, 0.25) is 0 Å². The molecule has 0 aliphatic heterocycles. The van der Waals surface area contributed by atoms with Gasteiger partial charge in [0.25, 0.3) is 0 Å². The van der Waals surface area contributed by atoms with Crippen molar-refractivity contribution in [3.05, 3.63) is 29.8 Å². The van der Waals surface area contributed by atoms with Crippen LogP contribution in [0.15, 0.2) is 24.3 Å². The van der Waals surface area contributed by atoms with E-state index in [0.717, 1.165) is 5.75 Å². The predicted octanol–water partition coefficient (Wildman–Crippen LogP) is 3.79. The van der Waals surface area contributed by atoms with E-state index in [1.807, 2.05) is 12.1 Å². The van der Waals surface area contributed by atoms with E-state index < -0.39 is 0 Å². The zero-order chi connectivity index (χ0) is 15.5. The first-order valence-electron chi connectivity index (χ1n) is 7.46. The third-order valence-electron chi connectivity index (χ3n) is 3.52. The molecule has 1 aliphatic carbocycles. The Labute approximate surface area is 131 Å². The van der Waals surface area contributed by atoms with E-state index >= 15 is 0 Å². The van der Waals surface area contributed by atoms with Crippen molar-refractivity contribution in [1.82, 2.24) is 5.32 Å². The third-order valence-corrected chi connectivity index (χ3v) is 4.79. The van der Waals surface area contributed by atoms with Crippen LogP contribution in [0.1, 0.15) is 45.2 Å². The zero-order valence-electron chi connectivity index (χ0n) is 13.3. The Morgan fingerprint density at radius 2 is 1.95 bits per heavy atom. The highest BCUT2D eigenvalue weighted by Crippen LogP contribution is 2.41. The van der Waals surface area contributed by atoms with Crippen LogP contribution < -0.4 is 10.1 Å². The lowest BCUT2D eigenvalue weighted by atomic mass is 10.0. The van der Waals surface area contributed by atoms with Crippen molar-refractivity contribution in [3.63, 3.8) is 0 Å². The monoisotopic (exact) mass is 307 g/mol. The normalized spacial score (nSPS) is 16.4. The summed E-state index contributed by atoms with van der Waals surface area (Å²) in [4.78, 5) is 12.2. The summed E-state index contributed by atoms with van der Waals surface area (Å²) in [6.07, 6.45) is 2.40. The van der Waals surface area contributed by atoms with Crippen molar-refractivity contribution in [2.45, 2.75) is 44.4 Å². The number of ether oxygens (including phenoxy) is 1. The summed E-state index contributed by atoms with van der Waals surface area (Å²) in [5, 5.41) is 3.20. The minimum absolute atomic E-state index is 0.118. The molecule has 0 saturated heterocycles. The van der Waals surface area contributed by atoms with Crippen molar-refractivity contribution < 1.29 is 9.53 Å². The quantitative estimate of drug-likeness (QED) is 0.869. The van der Waals surface area contributed by atoms with Crippen LogP contribution in [0.25, 0.3) is 0 Å². The van der Waals surface area contributed by atoms with Crippen molar-refractivity contribution in [1.29, 1.82) is 0 Å². The molecule has 1 fully saturated rings. The van der Waals surface area contributed by atoms with E-state index in [-0.39, 0.29) is 16.7 Å². The number of carbonyl (C=O) groups excluding carboxylic acids is 1. The number of nitrogens with one attached hydrogen (secondary N) is 1. The van der Waals surface area contributed by atoms with Gasteiger partial charge in [-0.2, -0.15) is 0 Å². The summed E-state index contributed by atoms with van der Waals surface area (Å²) in [6, 6.07) is 8.17. The van der Waals surface area contributed by atoms with Gasteiger partial charge in [0.15, 0.2) is 0 Å². The van der Waals surface area contributed by atoms with Crippen LogP contribution >= 0.6 is 11.8 Å². The molecule has 3 nitrogen and oxygen atoms in total. The molecule has 1 aromatic carbocycles. The molecule has 4 heteroatoms. The number of rotatable bonds is 6. The Balaban J connectivity index is 1.97. The maximum atomic E-state index is 12.2. The number of thioether (sulfide) groups is 1. The van der Waals surface area contributed by atoms with E-state index in [2.05, 4.69) is 38.2 Å². The highest BCUT2D eigenvalue weighted by atomic mass is 32.2. The second-order valence-electron chi connectivity index (χ2n) is 6.56. The number of methoxy groups -OCH3 is 1. The molecule has 1 amide bonds. The van der Waals surface area contributed by atoms with Crippen molar-refractivity contribution >= 4 is 17.7 Å². The van der Waals surface area contributed by atoms with Gasteiger partial charge in [-0.3, -0.25) is 4.79 Å². The van der Waals surface area contributed by atoms with Crippen LogP contribution in [0, 0.1) is 5.92 Å². The predicted molar refractivity (Wildman–Crippen MR) is 88.8 cm³/mol. The lowest BCUT2D eigenvalue weighted by Gasteiger charge is -2.21. The van der Waals surface area contributed by atoms with Gasteiger partial charge in [-0.25, -0.2) is 0 Å². The van der Waals surface area contributed by atoms with Crippen LogP contribution in [0.4, 0.5) is 0 Å². The van der Waals surface area contributed by atoms with Gasteiger partial charge in [-0.15, -0.1) is 11.8 Å². The molecule has 0 bridgehead atoms. The summed E-state index contributed by atoms with van der Waals surface area (Å²) in [6.45, 7) is 6.40. The number of hydrogen-bond acceptors (Lipinski definition) is 3. The first-order chi connectivity index (χ1) is 9.89. The maximum absolute atomic E-state index is 12.2. The average Bonchev–Trinajstić information content (AvgIpc) is 3.26. The van der Waals surface area contributed by atoms with Crippen molar-refractivity contribution in [2.75, 3.05) is 12.9 Å². The smallest absolute Gasteiger partial charge is 0.230 e. The molecule has 2 rings (SSSR count). The SMILES string of the molecule is COc1ccc(C(NC(=O)CSC(C)(C)C)C2CC2)cc1. The molecule has 0 radical (unpaired) electrons. The molecule has 116 valence electrons. The molecule has 1 N–H and O–H groups in total. The van der Waals surface area contributed by atoms with Gasteiger partial charge in [0, 0.05) is 4.75 Å². The minimum Gasteiger partial charge on any atom is -0.497 e. The highest BCUT2D eigenvalue weighted by molar-refractivity contribution is 8.01. The maximum Gasteiger partial charge on any atom is 0.230 e. The lowest BCUT2D eigenvalue weighted by Crippen LogP contribution is -2.32. The van der Waals surface area contributed by atoms with Gasteiger partial charge < -0.3 is 10.1 Å². The Bertz CT molecular complexity index is 475. The van der Waals surface area contributed by atoms with Gasteiger partial charge in [0.05, 0.1) is 18.9 Å². The number of hydrogen-bond donors (Lipinski definition) is 1.